The third kappa shape index (κ3) is 1.98. The van der Waals surface area contributed by atoms with Gasteiger partial charge in [-0.15, -0.1) is 5.10 Å². The van der Waals surface area contributed by atoms with Crippen LogP contribution in [0.2, 0.25) is 10.2 Å². The summed E-state index contributed by atoms with van der Waals surface area (Å²) in [7, 11) is 0. The predicted octanol–water partition coefficient (Wildman–Crippen LogP) is 2.48. The maximum atomic E-state index is 10.8. The molecule has 0 aliphatic rings. The highest BCUT2D eigenvalue weighted by atomic mass is 35.5. The van der Waals surface area contributed by atoms with Gasteiger partial charge in [-0.3, -0.25) is 10.1 Å². The molecule has 0 radical (unpaired) electrons. The van der Waals surface area contributed by atoms with Crippen molar-refractivity contribution in [3.63, 3.8) is 0 Å². The molecule has 0 amide bonds. The van der Waals surface area contributed by atoms with E-state index >= 15 is 0 Å². The van der Waals surface area contributed by atoms with Crippen LogP contribution in [0.4, 0.5) is 5.69 Å². The molecule has 6 nitrogen and oxygen atoms in total. The SMILES string of the molecule is O=[N+]([O-])c1cc(Cl)ccc1-n1cc(Cl)nn1. The zero-order valence-corrected chi connectivity index (χ0v) is 9.18. The van der Waals surface area contributed by atoms with Crippen molar-refractivity contribution < 1.29 is 4.92 Å². The van der Waals surface area contributed by atoms with Gasteiger partial charge < -0.3 is 0 Å². The molecule has 2 rings (SSSR count). The van der Waals surface area contributed by atoms with E-state index in [1.807, 2.05) is 0 Å². The summed E-state index contributed by atoms with van der Waals surface area (Å²) < 4.78 is 1.22. The summed E-state index contributed by atoms with van der Waals surface area (Å²) >= 11 is 11.3. The van der Waals surface area contributed by atoms with Gasteiger partial charge in [-0.05, 0) is 12.1 Å². The van der Waals surface area contributed by atoms with Crippen LogP contribution in [0, 0.1) is 10.1 Å². The van der Waals surface area contributed by atoms with Crippen LogP contribution in [0.1, 0.15) is 0 Å². The largest absolute Gasteiger partial charge is 0.296 e. The minimum absolute atomic E-state index is 0.157. The molecule has 0 saturated heterocycles. The van der Waals surface area contributed by atoms with Crippen LogP contribution < -0.4 is 0 Å². The fourth-order valence-electron chi connectivity index (χ4n) is 1.20. The van der Waals surface area contributed by atoms with E-state index in [-0.39, 0.29) is 21.6 Å². The van der Waals surface area contributed by atoms with Gasteiger partial charge in [0.15, 0.2) is 5.15 Å². The van der Waals surface area contributed by atoms with Gasteiger partial charge in [0.2, 0.25) is 0 Å². The fraction of sp³-hybridized carbons (Fsp3) is 0. The normalized spacial score (nSPS) is 10.4. The summed E-state index contributed by atoms with van der Waals surface area (Å²) in [6, 6.07) is 4.25. The highest BCUT2D eigenvalue weighted by Gasteiger charge is 2.16. The second-order valence-corrected chi connectivity index (χ2v) is 3.70. The van der Waals surface area contributed by atoms with Crippen molar-refractivity contribution in [1.29, 1.82) is 0 Å². The highest BCUT2D eigenvalue weighted by molar-refractivity contribution is 6.31. The van der Waals surface area contributed by atoms with E-state index in [0.717, 1.165) is 0 Å². The number of benzene rings is 1. The van der Waals surface area contributed by atoms with E-state index in [1.165, 1.54) is 29.1 Å². The summed E-state index contributed by atoms with van der Waals surface area (Å²) in [6.45, 7) is 0. The van der Waals surface area contributed by atoms with Crippen LogP contribution in [0.5, 0.6) is 0 Å². The first-order valence-corrected chi connectivity index (χ1v) is 4.85. The standard InChI is InChI=1S/C8H4Cl2N4O2/c9-5-1-2-6(7(3-5)14(15)16)13-4-8(10)11-12-13/h1-4H. The Bertz CT molecular complexity index is 555. The molecular weight excluding hydrogens is 255 g/mol. The lowest BCUT2D eigenvalue weighted by molar-refractivity contribution is -0.384. The third-order valence-corrected chi connectivity index (χ3v) is 2.25. The van der Waals surface area contributed by atoms with Crippen LogP contribution in [0.25, 0.3) is 5.69 Å². The highest BCUT2D eigenvalue weighted by Crippen LogP contribution is 2.26. The molecule has 0 aliphatic carbocycles. The molecule has 0 atom stereocenters. The Labute approximate surface area is 99.5 Å². The molecule has 16 heavy (non-hydrogen) atoms. The Morgan fingerprint density at radius 3 is 2.69 bits per heavy atom. The number of rotatable bonds is 2. The first kappa shape index (κ1) is 10.8. The van der Waals surface area contributed by atoms with Crippen molar-refractivity contribution in [2.45, 2.75) is 0 Å². The number of nitrogens with zero attached hydrogens (tertiary/aromatic N) is 4. The number of aromatic nitrogens is 3. The minimum atomic E-state index is -0.545. The monoisotopic (exact) mass is 258 g/mol. The zero-order chi connectivity index (χ0) is 11.7. The molecule has 0 unspecified atom stereocenters. The van der Waals surface area contributed by atoms with Crippen molar-refractivity contribution >= 4 is 28.9 Å². The summed E-state index contributed by atoms with van der Waals surface area (Å²) in [5, 5.41) is 18.4. The van der Waals surface area contributed by atoms with Crippen molar-refractivity contribution in [3.05, 3.63) is 44.7 Å². The molecule has 0 fully saturated rings. The molecule has 0 saturated carbocycles. The Morgan fingerprint density at radius 1 is 1.38 bits per heavy atom. The van der Waals surface area contributed by atoms with Crippen molar-refractivity contribution in [2.75, 3.05) is 0 Å². The number of hydrogen-bond acceptors (Lipinski definition) is 4. The average molecular weight is 259 g/mol. The smallest absolute Gasteiger partial charge is 0.258 e. The molecule has 2 aromatic rings. The molecule has 1 aromatic carbocycles. The predicted molar refractivity (Wildman–Crippen MR) is 58.0 cm³/mol. The van der Waals surface area contributed by atoms with Crippen LogP contribution in [0.15, 0.2) is 24.4 Å². The van der Waals surface area contributed by atoms with Gasteiger partial charge in [-0.2, -0.15) is 0 Å². The van der Waals surface area contributed by atoms with E-state index in [0.29, 0.717) is 0 Å². The lowest BCUT2D eigenvalue weighted by atomic mass is 10.3. The second kappa shape index (κ2) is 4.07. The first-order valence-electron chi connectivity index (χ1n) is 4.10. The van der Waals surface area contributed by atoms with Crippen molar-refractivity contribution in [3.8, 4) is 5.69 Å². The van der Waals surface area contributed by atoms with E-state index in [4.69, 9.17) is 23.2 Å². The molecule has 0 bridgehead atoms. The Kier molecular flexibility index (Phi) is 2.76. The number of nitro benzene ring substituents is 1. The van der Waals surface area contributed by atoms with E-state index in [2.05, 4.69) is 10.3 Å². The number of nitro groups is 1. The summed E-state index contributed by atoms with van der Waals surface area (Å²) in [5.41, 5.74) is 0.0999. The average Bonchev–Trinajstić information content (AvgIpc) is 2.64. The first-order chi connectivity index (χ1) is 7.58. The molecule has 82 valence electrons. The van der Waals surface area contributed by atoms with Crippen LogP contribution in [0.3, 0.4) is 0 Å². The van der Waals surface area contributed by atoms with Crippen LogP contribution >= 0.6 is 23.2 Å². The summed E-state index contributed by atoms with van der Waals surface area (Å²) in [4.78, 5) is 10.3. The van der Waals surface area contributed by atoms with Gasteiger partial charge in [0, 0.05) is 11.1 Å². The Balaban J connectivity index is 2.60. The zero-order valence-electron chi connectivity index (χ0n) is 7.67. The maximum absolute atomic E-state index is 10.8. The molecule has 1 aromatic heterocycles. The topological polar surface area (TPSA) is 73.8 Å². The Hall–Kier alpha value is -1.66. The minimum Gasteiger partial charge on any atom is -0.258 e. The van der Waals surface area contributed by atoms with Gasteiger partial charge in [0.25, 0.3) is 5.69 Å². The van der Waals surface area contributed by atoms with Gasteiger partial charge in [-0.25, -0.2) is 4.68 Å². The van der Waals surface area contributed by atoms with Crippen molar-refractivity contribution in [2.24, 2.45) is 0 Å². The molecule has 0 aliphatic heterocycles. The van der Waals surface area contributed by atoms with E-state index < -0.39 is 4.92 Å². The maximum Gasteiger partial charge on any atom is 0.296 e. The summed E-state index contributed by atoms with van der Waals surface area (Å²) in [6.07, 6.45) is 1.37. The van der Waals surface area contributed by atoms with Gasteiger partial charge in [0.05, 0.1) is 11.1 Å². The van der Waals surface area contributed by atoms with Gasteiger partial charge in [0.1, 0.15) is 5.69 Å². The second-order valence-electron chi connectivity index (χ2n) is 2.88. The lowest BCUT2D eigenvalue weighted by Crippen LogP contribution is -2.00. The third-order valence-electron chi connectivity index (χ3n) is 1.85. The number of hydrogen-bond donors (Lipinski definition) is 0. The molecule has 8 heteroatoms. The van der Waals surface area contributed by atoms with Gasteiger partial charge in [-0.1, -0.05) is 28.4 Å². The number of halogens is 2. The fourth-order valence-corrected chi connectivity index (χ4v) is 1.49. The van der Waals surface area contributed by atoms with E-state index in [9.17, 15) is 10.1 Å². The summed E-state index contributed by atoms with van der Waals surface area (Å²) in [5.74, 6) is 0. The molecule has 1 heterocycles. The molecule has 0 N–H and O–H groups in total. The molecular formula is C8H4Cl2N4O2. The van der Waals surface area contributed by atoms with Crippen molar-refractivity contribution in [1.82, 2.24) is 15.0 Å². The lowest BCUT2D eigenvalue weighted by Gasteiger charge is -2.01. The van der Waals surface area contributed by atoms with Crippen LogP contribution in [-0.4, -0.2) is 19.9 Å². The quantitative estimate of drug-likeness (QED) is 0.613. The van der Waals surface area contributed by atoms with Gasteiger partial charge >= 0.3 is 0 Å². The molecule has 0 spiro atoms. The van der Waals surface area contributed by atoms with E-state index in [1.54, 1.807) is 0 Å². The van der Waals surface area contributed by atoms with Crippen LogP contribution in [-0.2, 0) is 0 Å². The Morgan fingerprint density at radius 2 is 2.12 bits per heavy atom.